The highest BCUT2D eigenvalue weighted by atomic mass is 32.1. The highest BCUT2D eigenvalue weighted by Gasteiger charge is 2.05. The molecule has 0 fully saturated rings. The van der Waals surface area contributed by atoms with E-state index in [-0.39, 0.29) is 0 Å². The Hall–Kier alpha value is -0.520. The van der Waals surface area contributed by atoms with Crippen LogP contribution in [0.2, 0.25) is 0 Å². The summed E-state index contributed by atoms with van der Waals surface area (Å²) in [5.74, 6) is 0. The van der Waals surface area contributed by atoms with Gasteiger partial charge in [0.2, 0.25) is 0 Å². The molecule has 0 radical (unpaired) electrons. The van der Waals surface area contributed by atoms with E-state index in [4.69, 9.17) is 12.2 Å². The monoisotopic (exact) mass is 214 g/mol. The second kappa shape index (κ2) is 3.08. The molecule has 0 saturated heterocycles. The van der Waals surface area contributed by atoms with Crippen molar-refractivity contribution in [3.8, 4) is 10.6 Å². The molecule has 2 aromatic heterocycles. The summed E-state index contributed by atoms with van der Waals surface area (Å²) in [5, 5.41) is 9.94. The lowest BCUT2D eigenvalue weighted by Gasteiger charge is -1.89. The minimum Gasteiger partial charge on any atom is -0.258 e. The quantitative estimate of drug-likeness (QED) is 0.738. The van der Waals surface area contributed by atoms with Gasteiger partial charge < -0.3 is 0 Å². The molecule has 0 unspecified atom stereocenters. The van der Waals surface area contributed by atoms with Crippen LogP contribution >= 0.6 is 34.9 Å². The van der Waals surface area contributed by atoms with Crippen LogP contribution in [0, 0.1) is 10.9 Å². The zero-order valence-electron chi connectivity index (χ0n) is 6.33. The zero-order valence-corrected chi connectivity index (χ0v) is 8.78. The van der Waals surface area contributed by atoms with Crippen molar-refractivity contribution in [3.05, 3.63) is 20.3 Å². The summed E-state index contributed by atoms with van der Waals surface area (Å²) in [4.78, 5) is 1.28. The largest absolute Gasteiger partial charge is 0.258 e. The van der Waals surface area contributed by atoms with Crippen molar-refractivity contribution in [1.29, 1.82) is 0 Å². The third-order valence-electron chi connectivity index (χ3n) is 1.53. The maximum atomic E-state index is 4.95. The molecule has 5 heteroatoms. The highest BCUT2D eigenvalue weighted by molar-refractivity contribution is 7.73. The Morgan fingerprint density at radius 3 is 2.92 bits per heavy atom. The van der Waals surface area contributed by atoms with Gasteiger partial charge in [0.25, 0.3) is 0 Å². The molecule has 1 N–H and O–H groups in total. The SMILES string of the molecule is Cc1sccc1-c1n[nH]c(=S)s1. The van der Waals surface area contributed by atoms with Crippen molar-refractivity contribution in [1.82, 2.24) is 10.2 Å². The minimum atomic E-state index is 0.732. The van der Waals surface area contributed by atoms with Crippen molar-refractivity contribution in [2.75, 3.05) is 0 Å². The van der Waals surface area contributed by atoms with Crippen LogP contribution in [0.25, 0.3) is 10.6 Å². The molecule has 0 bridgehead atoms. The molecule has 2 rings (SSSR count). The molecule has 2 heterocycles. The van der Waals surface area contributed by atoms with Gasteiger partial charge in [0, 0.05) is 10.4 Å². The van der Waals surface area contributed by atoms with E-state index in [9.17, 15) is 0 Å². The minimum absolute atomic E-state index is 0.732. The average Bonchev–Trinajstić information content (AvgIpc) is 2.58. The van der Waals surface area contributed by atoms with Gasteiger partial charge >= 0.3 is 0 Å². The highest BCUT2D eigenvalue weighted by Crippen LogP contribution is 2.28. The molecular formula is C7H6N2S3. The van der Waals surface area contributed by atoms with Crippen LogP contribution in [-0.4, -0.2) is 10.2 Å². The van der Waals surface area contributed by atoms with E-state index < -0.39 is 0 Å². The first-order valence-electron chi connectivity index (χ1n) is 3.37. The molecule has 0 spiro atoms. The van der Waals surface area contributed by atoms with Gasteiger partial charge in [-0.1, -0.05) is 11.3 Å². The van der Waals surface area contributed by atoms with Gasteiger partial charge in [0.1, 0.15) is 5.01 Å². The second-order valence-corrected chi connectivity index (χ2v) is 5.09. The Morgan fingerprint density at radius 2 is 2.42 bits per heavy atom. The van der Waals surface area contributed by atoms with Crippen LogP contribution in [0.3, 0.4) is 0 Å². The molecule has 0 saturated carbocycles. The van der Waals surface area contributed by atoms with Crippen molar-refractivity contribution >= 4 is 34.9 Å². The molecule has 62 valence electrons. The summed E-state index contributed by atoms with van der Waals surface area (Å²) in [6.45, 7) is 2.09. The Balaban J connectivity index is 2.57. The molecule has 0 aliphatic heterocycles. The first kappa shape index (κ1) is 8.10. The predicted molar refractivity (Wildman–Crippen MR) is 55.3 cm³/mol. The number of nitrogens with one attached hydrogen (secondary N) is 1. The van der Waals surface area contributed by atoms with Gasteiger partial charge in [-0.3, -0.25) is 5.10 Å². The summed E-state index contributed by atoms with van der Waals surface area (Å²) in [7, 11) is 0. The lowest BCUT2D eigenvalue weighted by atomic mass is 10.3. The maximum absolute atomic E-state index is 4.95. The Morgan fingerprint density at radius 1 is 1.58 bits per heavy atom. The van der Waals surface area contributed by atoms with Crippen molar-refractivity contribution in [2.45, 2.75) is 6.92 Å². The van der Waals surface area contributed by atoms with Gasteiger partial charge in [-0.05, 0) is 30.6 Å². The van der Waals surface area contributed by atoms with Crippen molar-refractivity contribution < 1.29 is 0 Å². The van der Waals surface area contributed by atoms with Crippen LogP contribution in [-0.2, 0) is 0 Å². The van der Waals surface area contributed by atoms with Gasteiger partial charge in [0.15, 0.2) is 3.95 Å². The van der Waals surface area contributed by atoms with Gasteiger partial charge in [-0.25, -0.2) is 0 Å². The first-order valence-corrected chi connectivity index (χ1v) is 5.48. The fraction of sp³-hybridized carbons (Fsp3) is 0.143. The van der Waals surface area contributed by atoms with Gasteiger partial charge in [-0.15, -0.1) is 11.3 Å². The molecule has 2 nitrogen and oxygen atoms in total. The van der Waals surface area contributed by atoms with E-state index in [0.717, 1.165) is 8.96 Å². The molecule has 2 aromatic rings. The lowest BCUT2D eigenvalue weighted by molar-refractivity contribution is 1.08. The standard InChI is InChI=1S/C7H6N2S3/c1-4-5(2-3-11-4)6-8-9-7(10)12-6/h2-3H,1H3,(H,9,10). The van der Waals surface area contributed by atoms with E-state index >= 15 is 0 Å². The van der Waals surface area contributed by atoms with Gasteiger partial charge in [-0.2, -0.15) is 5.10 Å². The molecule has 0 aliphatic rings. The number of aromatic amines is 1. The van der Waals surface area contributed by atoms with Crippen LogP contribution in [0.15, 0.2) is 11.4 Å². The van der Waals surface area contributed by atoms with Crippen molar-refractivity contribution in [3.63, 3.8) is 0 Å². The van der Waals surface area contributed by atoms with E-state index in [1.165, 1.54) is 21.8 Å². The maximum Gasteiger partial charge on any atom is 0.176 e. The van der Waals surface area contributed by atoms with Crippen molar-refractivity contribution in [2.24, 2.45) is 0 Å². The zero-order chi connectivity index (χ0) is 8.55. The van der Waals surface area contributed by atoms with Crippen LogP contribution in [0.5, 0.6) is 0 Å². The number of rotatable bonds is 1. The third-order valence-corrected chi connectivity index (χ3v) is 3.50. The number of aromatic nitrogens is 2. The summed E-state index contributed by atoms with van der Waals surface area (Å²) in [6, 6.07) is 2.07. The van der Waals surface area contributed by atoms with E-state index in [1.807, 2.05) is 0 Å². The Kier molecular flexibility index (Phi) is 2.08. The normalized spacial score (nSPS) is 10.4. The lowest BCUT2D eigenvalue weighted by Crippen LogP contribution is -1.74. The number of thiophene rings is 1. The molecule has 0 aromatic carbocycles. The fourth-order valence-electron chi connectivity index (χ4n) is 0.952. The molecule has 0 atom stereocenters. The molecule has 12 heavy (non-hydrogen) atoms. The molecule has 0 amide bonds. The smallest absolute Gasteiger partial charge is 0.176 e. The van der Waals surface area contributed by atoms with E-state index in [1.54, 1.807) is 11.3 Å². The summed E-state index contributed by atoms with van der Waals surface area (Å²) in [5.41, 5.74) is 1.19. The molecule has 0 aliphatic carbocycles. The third kappa shape index (κ3) is 1.35. The predicted octanol–water partition coefficient (Wildman–Crippen LogP) is 3.24. The first-order chi connectivity index (χ1) is 5.77. The second-order valence-electron chi connectivity index (χ2n) is 2.31. The van der Waals surface area contributed by atoms with Crippen LogP contribution in [0.1, 0.15) is 4.88 Å². The van der Waals surface area contributed by atoms with Crippen LogP contribution in [0.4, 0.5) is 0 Å². The summed E-state index contributed by atoms with van der Waals surface area (Å²) >= 11 is 8.20. The number of H-pyrrole nitrogens is 1. The number of hydrogen-bond donors (Lipinski definition) is 1. The number of hydrogen-bond acceptors (Lipinski definition) is 4. The van der Waals surface area contributed by atoms with E-state index in [0.29, 0.717) is 0 Å². The summed E-state index contributed by atoms with van der Waals surface area (Å²) in [6.07, 6.45) is 0. The number of aryl methyl sites for hydroxylation is 1. The Labute approximate surface area is 82.9 Å². The molecular weight excluding hydrogens is 208 g/mol. The Bertz CT molecular complexity index is 437. The number of nitrogens with zero attached hydrogens (tertiary/aromatic N) is 1. The topological polar surface area (TPSA) is 28.7 Å². The summed E-state index contributed by atoms with van der Waals surface area (Å²) < 4.78 is 0.732. The van der Waals surface area contributed by atoms with E-state index in [2.05, 4.69) is 28.6 Å². The van der Waals surface area contributed by atoms with Gasteiger partial charge in [0.05, 0.1) is 0 Å². The average molecular weight is 214 g/mol. The van der Waals surface area contributed by atoms with Crippen LogP contribution < -0.4 is 0 Å². The fourth-order valence-corrected chi connectivity index (χ4v) is 2.69.